The van der Waals surface area contributed by atoms with E-state index in [0.717, 1.165) is 6.92 Å². The van der Waals surface area contributed by atoms with Crippen molar-refractivity contribution in [3.05, 3.63) is 0 Å². The van der Waals surface area contributed by atoms with Gasteiger partial charge in [-0.25, -0.2) is 0 Å². The predicted octanol–water partition coefficient (Wildman–Crippen LogP) is -6.77. The second-order valence-corrected chi connectivity index (χ2v) is 14.8. The van der Waals surface area contributed by atoms with Crippen molar-refractivity contribution in [1.82, 2.24) is 31.9 Å². The van der Waals surface area contributed by atoms with E-state index in [1.165, 1.54) is 20.8 Å². The van der Waals surface area contributed by atoms with Gasteiger partial charge < -0.3 is 93.0 Å². The van der Waals surface area contributed by atoms with E-state index in [0.29, 0.717) is 19.4 Å². The molecule has 350 valence electrons. The van der Waals surface area contributed by atoms with Crippen LogP contribution >= 0.6 is 0 Å². The molecule has 2 heterocycles. The van der Waals surface area contributed by atoms with Crippen LogP contribution in [0.25, 0.3) is 0 Å². The van der Waals surface area contributed by atoms with E-state index in [1.807, 2.05) is 0 Å². The summed E-state index contributed by atoms with van der Waals surface area (Å²) >= 11 is 0. The molecule has 0 spiro atoms. The zero-order valence-electron chi connectivity index (χ0n) is 34.9. The number of carbonyl (C=O) groups is 7. The number of aliphatic carboxylic acids is 1. The number of aliphatic hydroxyl groups excluding tert-OH is 5. The summed E-state index contributed by atoms with van der Waals surface area (Å²) < 4.78 is 23.5. The van der Waals surface area contributed by atoms with E-state index in [9.17, 15) is 59.1 Å². The molecule has 2 aliphatic rings. The third-order valence-electron chi connectivity index (χ3n) is 9.96. The van der Waals surface area contributed by atoms with Crippen molar-refractivity contribution in [2.75, 3.05) is 26.3 Å². The first-order valence-electron chi connectivity index (χ1n) is 20.0. The highest BCUT2D eigenvalue weighted by Gasteiger charge is 2.52. The number of carbonyl (C=O) groups excluding carboxylic acids is 6. The molecule has 0 aliphatic carbocycles. The Balaban J connectivity index is 2.18. The van der Waals surface area contributed by atoms with Crippen LogP contribution in [-0.4, -0.2) is 190 Å². The summed E-state index contributed by atoms with van der Waals surface area (Å²) in [7, 11) is 0. The lowest BCUT2D eigenvalue weighted by atomic mass is 9.94. The van der Waals surface area contributed by atoms with Crippen LogP contribution < -0.4 is 43.4 Å². The van der Waals surface area contributed by atoms with Gasteiger partial charge in [0.05, 0.1) is 19.3 Å². The SMILES string of the molecule is CCNC1C(O)OC(CO)C(OC2OC(CO)C(O)C(O)C2NC(C)=O)C1OC(C)C(=O)NC(C)C(=O)NC(CCC(=O)NC(CCCCN)C(=O)NC(C)C(=O)O)C(N)=O. The standard InChI is InChI=1S/C36H64N8O17/c1-6-39-25-29(28(22(14-46)59-35(25)57)61-36-24(42-18(5)47)27(50)26(49)21(13-45)60-36)58-17(4)32(53)40-15(2)31(52)44-19(30(38)51)10-11-23(48)43-20(9-7-8-12-37)33(54)41-16(3)34(55)56/h15-17,19-22,24-29,35-36,39,45-46,49-50,57H,6-14,37H2,1-5H3,(H2,38,51)(H,40,53)(H,41,54)(H,42,47)(H,43,48)(H,44,52)(H,55,56). The van der Waals surface area contributed by atoms with Gasteiger partial charge in [0, 0.05) is 13.3 Å². The van der Waals surface area contributed by atoms with Gasteiger partial charge >= 0.3 is 5.97 Å². The minimum atomic E-state index is -1.70. The van der Waals surface area contributed by atoms with E-state index in [1.54, 1.807) is 6.92 Å². The summed E-state index contributed by atoms with van der Waals surface area (Å²) in [6.07, 6.45) is -13.1. The summed E-state index contributed by atoms with van der Waals surface area (Å²) in [4.78, 5) is 87.7. The number of hydrogen-bond donors (Lipinski definition) is 14. The number of primary amides is 1. The van der Waals surface area contributed by atoms with Crippen LogP contribution in [0.4, 0.5) is 0 Å². The largest absolute Gasteiger partial charge is 0.480 e. The second-order valence-electron chi connectivity index (χ2n) is 14.8. The van der Waals surface area contributed by atoms with Gasteiger partial charge in [0.15, 0.2) is 12.6 Å². The van der Waals surface area contributed by atoms with Crippen LogP contribution in [0.1, 0.15) is 66.7 Å². The lowest BCUT2D eigenvalue weighted by molar-refractivity contribution is -0.333. The first kappa shape index (κ1) is 53.0. The fourth-order valence-corrected chi connectivity index (χ4v) is 6.54. The molecule has 2 rings (SSSR count). The maximum atomic E-state index is 13.5. The van der Waals surface area contributed by atoms with Gasteiger partial charge in [0.2, 0.25) is 35.4 Å². The van der Waals surface area contributed by atoms with Crippen molar-refractivity contribution in [2.24, 2.45) is 11.5 Å². The van der Waals surface area contributed by atoms with Gasteiger partial charge in [-0.15, -0.1) is 0 Å². The molecule has 25 nitrogen and oxygen atoms in total. The average Bonchev–Trinajstić information content (AvgIpc) is 3.20. The number of carboxylic acids is 1. The number of aliphatic hydroxyl groups is 5. The lowest BCUT2D eigenvalue weighted by Crippen LogP contribution is -2.69. The van der Waals surface area contributed by atoms with Crippen LogP contribution in [0.3, 0.4) is 0 Å². The fourth-order valence-electron chi connectivity index (χ4n) is 6.54. The Morgan fingerprint density at radius 1 is 0.754 bits per heavy atom. The predicted molar refractivity (Wildman–Crippen MR) is 208 cm³/mol. The molecule has 0 radical (unpaired) electrons. The van der Waals surface area contributed by atoms with E-state index in [4.69, 9.17) is 35.5 Å². The van der Waals surface area contributed by atoms with Crippen molar-refractivity contribution in [2.45, 2.75) is 158 Å². The van der Waals surface area contributed by atoms with Crippen molar-refractivity contribution in [3.63, 3.8) is 0 Å². The van der Waals surface area contributed by atoms with Gasteiger partial charge in [-0.3, -0.25) is 33.6 Å². The zero-order chi connectivity index (χ0) is 46.1. The van der Waals surface area contributed by atoms with E-state index >= 15 is 0 Å². The molecule has 61 heavy (non-hydrogen) atoms. The van der Waals surface area contributed by atoms with Gasteiger partial charge in [-0.1, -0.05) is 6.92 Å². The normalized spacial score (nSPS) is 28.8. The summed E-state index contributed by atoms with van der Waals surface area (Å²) in [5.41, 5.74) is 11.0. The van der Waals surface area contributed by atoms with Crippen molar-refractivity contribution in [3.8, 4) is 0 Å². The summed E-state index contributed by atoms with van der Waals surface area (Å²) in [6, 6.07) is -7.64. The van der Waals surface area contributed by atoms with Crippen LogP contribution in [0.15, 0.2) is 0 Å². The highest BCUT2D eigenvalue weighted by Crippen LogP contribution is 2.31. The highest BCUT2D eigenvalue weighted by atomic mass is 16.7. The fraction of sp³-hybridized carbons (Fsp3) is 0.806. The maximum Gasteiger partial charge on any atom is 0.325 e. The van der Waals surface area contributed by atoms with E-state index < -0.39 is 153 Å². The molecule has 0 bridgehead atoms. The third kappa shape index (κ3) is 15.9. The number of unbranched alkanes of at least 4 members (excludes halogenated alkanes) is 1. The van der Waals surface area contributed by atoms with Gasteiger partial charge in [0.1, 0.15) is 72.9 Å². The minimum Gasteiger partial charge on any atom is -0.480 e. The smallest absolute Gasteiger partial charge is 0.325 e. The van der Waals surface area contributed by atoms with Crippen molar-refractivity contribution in [1.29, 1.82) is 0 Å². The number of hydrogen-bond acceptors (Lipinski definition) is 18. The average molecular weight is 881 g/mol. The zero-order valence-corrected chi connectivity index (χ0v) is 34.9. The molecule has 0 aromatic rings. The second kappa shape index (κ2) is 25.7. The molecule has 16 N–H and O–H groups in total. The summed E-state index contributed by atoms with van der Waals surface area (Å²) in [5, 5.41) is 76.3. The minimum absolute atomic E-state index is 0.144. The first-order chi connectivity index (χ1) is 28.7. The third-order valence-corrected chi connectivity index (χ3v) is 9.96. The van der Waals surface area contributed by atoms with E-state index in [2.05, 4.69) is 31.9 Å². The highest BCUT2D eigenvalue weighted by molar-refractivity contribution is 5.93. The Hall–Kier alpha value is -4.15. The van der Waals surface area contributed by atoms with Gasteiger partial charge in [0.25, 0.3) is 0 Å². The molecule has 15 unspecified atom stereocenters. The molecule has 2 saturated heterocycles. The van der Waals surface area contributed by atoms with Gasteiger partial charge in [-0.05, 0) is 59.5 Å². The topological polar surface area (TPSA) is 402 Å². The number of rotatable bonds is 25. The number of ether oxygens (including phenoxy) is 4. The maximum absolute atomic E-state index is 13.5. The molecule has 0 aromatic carbocycles. The summed E-state index contributed by atoms with van der Waals surface area (Å²) in [5.74, 6) is -6.16. The lowest BCUT2D eigenvalue weighted by Gasteiger charge is -2.48. The number of nitrogens with one attached hydrogen (secondary N) is 6. The Morgan fingerprint density at radius 2 is 1.39 bits per heavy atom. The number of amides is 6. The summed E-state index contributed by atoms with van der Waals surface area (Å²) in [6.45, 7) is 5.66. The molecule has 25 heteroatoms. The number of likely N-dealkylation sites (N-methyl/N-ethyl adjacent to an activating group) is 1. The Morgan fingerprint density at radius 3 is 1.95 bits per heavy atom. The Kier molecular flexibility index (Phi) is 22.3. The first-order valence-corrected chi connectivity index (χ1v) is 20.0. The molecule has 0 aromatic heterocycles. The van der Waals surface area contributed by atoms with E-state index in [-0.39, 0.29) is 19.4 Å². The molecule has 2 fully saturated rings. The molecule has 0 saturated carbocycles. The quantitative estimate of drug-likeness (QED) is 0.0379. The van der Waals surface area contributed by atoms with Crippen LogP contribution in [-0.2, 0) is 52.5 Å². The number of carboxylic acid groups (broad SMARTS) is 1. The Bertz CT molecular complexity index is 1480. The monoisotopic (exact) mass is 880 g/mol. The molecule has 6 amide bonds. The molecule has 2 aliphatic heterocycles. The van der Waals surface area contributed by atoms with Crippen LogP contribution in [0.2, 0.25) is 0 Å². The molecular formula is C36H64N8O17. The van der Waals surface area contributed by atoms with Gasteiger partial charge in [-0.2, -0.15) is 0 Å². The molecular weight excluding hydrogens is 816 g/mol. The van der Waals surface area contributed by atoms with Crippen LogP contribution in [0, 0.1) is 0 Å². The Labute approximate surface area is 352 Å². The van der Waals surface area contributed by atoms with Crippen molar-refractivity contribution >= 4 is 41.4 Å². The molecule has 15 atom stereocenters. The van der Waals surface area contributed by atoms with Crippen molar-refractivity contribution < 1.29 is 83.1 Å². The van der Waals surface area contributed by atoms with Crippen LogP contribution in [0.5, 0.6) is 0 Å². The number of nitrogens with two attached hydrogens (primary N) is 2.